The quantitative estimate of drug-likeness (QED) is 0.564. The van der Waals surface area contributed by atoms with Crippen LogP contribution >= 0.6 is 0 Å². The minimum absolute atomic E-state index is 0.0421. The van der Waals surface area contributed by atoms with Crippen molar-refractivity contribution in [2.24, 2.45) is 7.05 Å². The van der Waals surface area contributed by atoms with Crippen LogP contribution in [0.15, 0.2) is 65.7 Å². The maximum absolute atomic E-state index is 12.5. The number of aryl methyl sites for hydroxylation is 1. The lowest BCUT2D eigenvalue weighted by Crippen LogP contribution is -2.33. The van der Waals surface area contributed by atoms with Crippen molar-refractivity contribution in [1.82, 2.24) is 24.3 Å². The molecule has 1 saturated carbocycles. The number of nitrogens with zero attached hydrogens (tertiary/aromatic N) is 5. The number of fused-ring (bicyclic) bond motifs is 1. The second kappa shape index (κ2) is 7.74. The number of rotatable bonds is 4. The van der Waals surface area contributed by atoms with Gasteiger partial charge in [-0.25, -0.2) is 9.67 Å². The highest BCUT2D eigenvalue weighted by molar-refractivity contribution is 5.78. The average Bonchev–Trinajstić information content (AvgIpc) is 3.11. The Morgan fingerprint density at radius 3 is 2.50 bits per heavy atom. The van der Waals surface area contributed by atoms with E-state index >= 15 is 0 Å². The maximum atomic E-state index is 12.5. The molecule has 0 spiro atoms. The van der Waals surface area contributed by atoms with Crippen molar-refractivity contribution in [1.29, 1.82) is 0 Å². The Kier molecular flexibility index (Phi) is 4.78. The first-order valence-corrected chi connectivity index (χ1v) is 10.4. The number of aromatic nitrogens is 5. The molecule has 1 aliphatic carbocycles. The van der Waals surface area contributed by atoms with E-state index in [0.717, 1.165) is 53.9 Å². The third kappa shape index (κ3) is 3.47. The number of pyridine rings is 1. The Morgan fingerprint density at radius 2 is 1.73 bits per heavy atom. The van der Waals surface area contributed by atoms with E-state index in [0.29, 0.717) is 6.04 Å². The van der Waals surface area contributed by atoms with E-state index in [9.17, 15) is 4.79 Å². The third-order valence-corrected chi connectivity index (χ3v) is 5.96. The molecule has 4 aromatic rings. The van der Waals surface area contributed by atoms with Crippen molar-refractivity contribution >= 4 is 17.0 Å². The van der Waals surface area contributed by atoms with E-state index in [1.54, 1.807) is 29.2 Å². The third-order valence-electron chi connectivity index (χ3n) is 5.96. The van der Waals surface area contributed by atoms with Gasteiger partial charge in [0.1, 0.15) is 0 Å². The summed E-state index contributed by atoms with van der Waals surface area (Å²) in [5, 5.41) is 8.26. The summed E-state index contributed by atoms with van der Waals surface area (Å²) in [4.78, 5) is 21.3. The van der Waals surface area contributed by atoms with E-state index in [2.05, 4.69) is 26.0 Å². The molecule has 0 radical (unpaired) electrons. The van der Waals surface area contributed by atoms with Crippen LogP contribution in [0.1, 0.15) is 31.7 Å². The van der Waals surface area contributed by atoms with Crippen molar-refractivity contribution in [3.63, 3.8) is 0 Å². The summed E-state index contributed by atoms with van der Waals surface area (Å²) in [6.45, 7) is 0. The number of hydrogen-bond acceptors (Lipinski definition) is 5. The number of nitrogens with one attached hydrogen (secondary N) is 1. The molecule has 0 amide bonds. The lowest BCUT2D eigenvalue weighted by atomic mass is 9.91. The van der Waals surface area contributed by atoms with Gasteiger partial charge < -0.3 is 9.88 Å². The predicted octanol–water partition coefficient (Wildman–Crippen LogP) is 3.79. The van der Waals surface area contributed by atoms with E-state index < -0.39 is 0 Å². The molecule has 1 aliphatic rings. The van der Waals surface area contributed by atoms with Gasteiger partial charge >= 0.3 is 0 Å². The first-order valence-electron chi connectivity index (χ1n) is 10.4. The van der Waals surface area contributed by atoms with E-state index in [-0.39, 0.29) is 11.6 Å². The van der Waals surface area contributed by atoms with Crippen LogP contribution in [-0.4, -0.2) is 30.4 Å². The van der Waals surface area contributed by atoms with E-state index in [1.165, 1.54) is 0 Å². The molecule has 0 atom stereocenters. The van der Waals surface area contributed by atoms with Crippen molar-refractivity contribution < 1.29 is 0 Å². The second-order valence-electron chi connectivity index (χ2n) is 7.87. The van der Waals surface area contributed by atoms with Crippen LogP contribution in [0.3, 0.4) is 0 Å². The van der Waals surface area contributed by atoms with Crippen molar-refractivity contribution in [3.05, 3.63) is 71.3 Å². The van der Waals surface area contributed by atoms with Gasteiger partial charge in [-0.3, -0.25) is 9.78 Å². The summed E-state index contributed by atoms with van der Waals surface area (Å²) >= 11 is 0. The maximum Gasteiger partial charge on any atom is 0.267 e. The van der Waals surface area contributed by atoms with Crippen LogP contribution in [0, 0.1) is 0 Å². The zero-order valence-corrected chi connectivity index (χ0v) is 16.9. The van der Waals surface area contributed by atoms with Crippen LogP contribution in [0.25, 0.3) is 22.3 Å². The van der Waals surface area contributed by atoms with Crippen LogP contribution in [-0.2, 0) is 7.05 Å². The summed E-state index contributed by atoms with van der Waals surface area (Å²) in [7, 11) is 2.04. The Balaban J connectivity index is 1.30. The molecule has 7 nitrogen and oxygen atoms in total. The SMILES string of the molecule is Cn1c(NC2CCC(n3nc(-c4ccncc4)ccc3=O)CC2)nc2ccccc21. The number of hydrogen-bond donors (Lipinski definition) is 1. The van der Waals surface area contributed by atoms with Gasteiger partial charge in [0.05, 0.1) is 22.8 Å². The zero-order valence-electron chi connectivity index (χ0n) is 16.9. The topological polar surface area (TPSA) is 77.6 Å². The van der Waals surface area contributed by atoms with Gasteiger partial charge in [-0.05, 0) is 56.0 Å². The Bertz CT molecular complexity index is 1220. The van der Waals surface area contributed by atoms with Crippen molar-refractivity contribution in [3.8, 4) is 11.3 Å². The van der Waals surface area contributed by atoms with Gasteiger partial charge in [-0.15, -0.1) is 0 Å². The summed E-state index contributed by atoms with van der Waals surface area (Å²) in [6.07, 6.45) is 7.25. The lowest BCUT2D eigenvalue weighted by Gasteiger charge is -2.30. The van der Waals surface area contributed by atoms with Gasteiger partial charge in [-0.2, -0.15) is 5.10 Å². The molecule has 0 saturated heterocycles. The number of benzene rings is 1. The first kappa shape index (κ1) is 18.5. The van der Waals surface area contributed by atoms with E-state index in [1.807, 2.05) is 37.4 Å². The molecular formula is C23H24N6O. The van der Waals surface area contributed by atoms with Gasteiger partial charge in [-0.1, -0.05) is 12.1 Å². The summed E-state index contributed by atoms with van der Waals surface area (Å²) in [5.74, 6) is 0.898. The molecule has 3 aromatic heterocycles. The molecule has 30 heavy (non-hydrogen) atoms. The van der Waals surface area contributed by atoms with Crippen LogP contribution < -0.4 is 10.9 Å². The molecule has 0 unspecified atom stereocenters. The summed E-state index contributed by atoms with van der Waals surface area (Å²) < 4.78 is 3.77. The average molecular weight is 400 g/mol. The molecule has 1 aromatic carbocycles. The monoisotopic (exact) mass is 400 g/mol. The molecule has 1 N–H and O–H groups in total. The highest BCUT2D eigenvalue weighted by Gasteiger charge is 2.25. The minimum Gasteiger partial charge on any atom is -0.353 e. The molecule has 5 rings (SSSR count). The van der Waals surface area contributed by atoms with Crippen LogP contribution in [0.5, 0.6) is 0 Å². The first-order chi connectivity index (χ1) is 14.7. The van der Waals surface area contributed by atoms with Gasteiger partial charge in [0.15, 0.2) is 0 Å². The standard InChI is InChI=1S/C23H24N6O/c1-28-21-5-3-2-4-20(21)26-23(28)25-17-6-8-18(9-7-17)29-22(30)11-10-19(27-29)16-12-14-24-15-13-16/h2-5,10-15,17-18H,6-9H2,1H3,(H,25,26). The Hall–Kier alpha value is -3.48. The molecule has 1 fully saturated rings. The number of para-hydroxylation sites is 2. The zero-order chi connectivity index (χ0) is 20.5. The Labute approximate surface area is 174 Å². The normalized spacial score (nSPS) is 19.1. The van der Waals surface area contributed by atoms with Gasteiger partial charge in [0.25, 0.3) is 5.56 Å². The fourth-order valence-corrected chi connectivity index (χ4v) is 4.29. The molecule has 3 heterocycles. The van der Waals surface area contributed by atoms with Gasteiger partial charge in [0.2, 0.25) is 5.95 Å². The number of anilines is 1. The highest BCUT2D eigenvalue weighted by atomic mass is 16.1. The minimum atomic E-state index is -0.0421. The molecule has 0 bridgehead atoms. The van der Waals surface area contributed by atoms with Crippen molar-refractivity contribution in [2.45, 2.75) is 37.8 Å². The molecule has 152 valence electrons. The highest BCUT2D eigenvalue weighted by Crippen LogP contribution is 2.30. The summed E-state index contributed by atoms with van der Waals surface area (Å²) in [6, 6.07) is 15.8. The lowest BCUT2D eigenvalue weighted by molar-refractivity contribution is 0.304. The fraction of sp³-hybridized carbons (Fsp3) is 0.304. The second-order valence-corrected chi connectivity index (χ2v) is 7.87. The number of imidazole rings is 1. The van der Waals surface area contributed by atoms with Gasteiger partial charge in [0, 0.05) is 37.1 Å². The van der Waals surface area contributed by atoms with Crippen LogP contribution in [0.4, 0.5) is 5.95 Å². The smallest absolute Gasteiger partial charge is 0.267 e. The fourth-order valence-electron chi connectivity index (χ4n) is 4.29. The van der Waals surface area contributed by atoms with Crippen LogP contribution in [0.2, 0.25) is 0 Å². The summed E-state index contributed by atoms with van der Waals surface area (Å²) in [5.41, 5.74) is 3.85. The molecular weight excluding hydrogens is 376 g/mol. The van der Waals surface area contributed by atoms with E-state index in [4.69, 9.17) is 4.98 Å². The largest absolute Gasteiger partial charge is 0.353 e. The predicted molar refractivity (Wildman–Crippen MR) is 117 cm³/mol. The molecule has 7 heteroatoms. The van der Waals surface area contributed by atoms with Crippen molar-refractivity contribution in [2.75, 3.05) is 5.32 Å². The Morgan fingerprint density at radius 1 is 0.967 bits per heavy atom. The molecule has 0 aliphatic heterocycles.